The summed E-state index contributed by atoms with van der Waals surface area (Å²) in [5.41, 5.74) is 6.69. The van der Waals surface area contributed by atoms with Crippen LogP contribution in [0.5, 0.6) is 0 Å². The molecule has 21 heavy (non-hydrogen) atoms. The molecule has 0 amide bonds. The van der Waals surface area contributed by atoms with Gasteiger partial charge in [-0.2, -0.15) is 0 Å². The highest BCUT2D eigenvalue weighted by molar-refractivity contribution is 5.86. The van der Waals surface area contributed by atoms with Crippen molar-refractivity contribution in [1.29, 1.82) is 0 Å². The van der Waals surface area contributed by atoms with Gasteiger partial charge in [0.05, 0.1) is 6.67 Å². The quantitative estimate of drug-likeness (QED) is 0.794. The number of pyridine rings is 1. The molecule has 2 aliphatic rings. The number of hydrogen-bond acceptors (Lipinski definition) is 3. The van der Waals surface area contributed by atoms with Gasteiger partial charge >= 0.3 is 0 Å². The molecule has 2 aromatic rings. The van der Waals surface area contributed by atoms with E-state index in [4.69, 9.17) is 0 Å². The number of nitrogens with zero attached hydrogens (tertiary/aromatic N) is 3. The zero-order valence-corrected chi connectivity index (χ0v) is 12.7. The first-order valence-electron chi connectivity index (χ1n) is 7.32. The summed E-state index contributed by atoms with van der Waals surface area (Å²) in [4.78, 5) is 8.85. The summed E-state index contributed by atoms with van der Waals surface area (Å²) in [5.74, 6) is 0. The molecule has 4 rings (SSSR count). The molecule has 1 aromatic heterocycles. The van der Waals surface area contributed by atoms with Gasteiger partial charge in [0.15, 0.2) is 0 Å². The lowest BCUT2D eigenvalue weighted by Crippen LogP contribution is -2.25. The van der Waals surface area contributed by atoms with Crippen molar-refractivity contribution in [2.24, 2.45) is 0 Å². The maximum Gasteiger partial charge on any atom is 0.0939 e. The molecule has 3 heteroatoms. The Labute approximate surface area is 125 Å². The first-order chi connectivity index (χ1) is 10.1. The highest BCUT2D eigenvalue weighted by Crippen LogP contribution is 2.51. The Kier molecular flexibility index (Phi) is 2.43. The van der Waals surface area contributed by atoms with E-state index in [1.54, 1.807) is 0 Å². The summed E-state index contributed by atoms with van der Waals surface area (Å²) in [6.07, 6.45) is 8.19. The molecule has 1 aliphatic carbocycles. The zero-order valence-electron chi connectivity index (χ0n) is 12.7. The van der Waals surface area contributed by atoms with Crippen LogP contribution in [-0.2, 0) is 5.41 Å². The average Bonchev–Trinajstić information content (AvgIpc) is 3.01. The molecule has 1 aromatic carbocycles. The molecule has 0 radical (unpaired) electrons. The lowest BCUT2D eigenvalue weighted by molar-refractivity contribution is 0.494. The van der Waals surface area contributed by atoms with Crippen LogP contribution >= 0.6 is 0 Å². The van der Waals surface area contributed by atoms with Crippen molar-refractivity contribution in [3.8, 4) is 11.1 Å². The van der Waals surface area contributed by atoms with Gasteiger partial charge in [0, 0.05) is 42.9 Å². The van der Waals surface area contributed by atoms with Crippen molar-refractivity contribution in [3.63, 3.8) is 0 Å². The molecule has 0 bridgehead atoms. The number of anilines is 1. The maximum atomic E-state index is 4.34. The molecule has 0 unspecified atom stereocenters. The Balaban J connectivity index is 1.95. The molecule has 0 saturated carbocycles. The first kappa shape index (κ1) is 12.5. The summed E-state index contributed by atoms with van der Waals surface area (Å²) in [6.45, 7) is 5.50. The monoisotopic (exact) mass is 277 g/mol. The predicted octanol–water partition coefficient (Wildman–Crippen LogP) is 3.57. The fraction of sp³-hybridized carbons (Fsp3) is 0.278. The molecular weight excluding hydrogens is 258 g/mol. The molecule has 0 saturated heterocycles. The van der Waals surface area contributed by atoms with Crippen LogP contribution in [-0.4, -0.2) is 23.6 Å². The standard InChI is InChI=1S/C18H19N3/c1-18(2)15-11-19-8-7-13(15)14-5-4-6-16(17(14)18)21-10-9-20(3)12-21/h4-11H,12H2,1-3H3. The highest BCUT2D eigenvalue weighted by Gasteiger charge is 2.38. The van der Waals surface area contributed by atoms with Crippen molar-refractivity contribution in [2.75, 3.05) is 18.6 Å². The molecule has 106 valence electrons. The minimum absolute atomic E-state index is 0.00940. The highest BCUT2D eigenvalue weighted by atomic mass is 15.3. The van der Waals surface area contributed by atoms with Crippen molar-refractivity contribution in [1.82, 2.24) is 9.88 Å². The van der Waals surface area contributed by atoms with E-state index in [1.165, 1.54) is 27.9 Å². The summed E-state index contributed by atoms with van der Waals surface area (Å²) in [6, 6.07) is 8.75. The van der Waals surface area contributed by atoms with E-state index in [2.05, 4.69) is 72.3 Å². The zero-order chi connectivity index (χ0) is 14.6. The van der Waals surface area contributed by atoms with E-state index in [9.17, 15) is 0 Å². The minimum atomic E-state index is -0.00940. The second kappa shape index (κ2) is 4.10. The molecule has 0 N–H and O–H groups in total. The smallest absolute Gasteiger partial charge is 0.0939 e. The Morgan fingerprint density at radius 2 is 1.95 bits per heavy atom. The van der Waals surface area contributed by atoms with E-state index in [0.717, 1.165) is 6.67 Å². The fourth-order valence-electron chi connectivity index (χ4n) is 3.61. The van der Waals surface area contributed by atoms with Gasteiger partial charge in [-0.25, -0.2) is 0 Å². The first-order valence-corrected chi connectivity index (χ1v) is 7.32. The third kappa shape index (κ3) is 1.63. The Hall–Kier alpha value is -2.29. The number of benzene rings is 1. The van der Waals surface area contributed by atoms with Crippen LogP contribution in [0.1, 0.15) is 25.0 Å². The second-order valence-corrected chi connectivity index (χ2v) is 6.41. The molecule has 0 spiro atoms. The summed E-state index contributed by atoms with van der Waals surface area (Å²) in [7, 11) is 2.10. The maximum absolute atomic E-state index is 4.34. The van der Waals surface area contributed by atoms with Crippen molar-refractivity contribution < 1.29 is 0 Å². The summed E-state index contributed by atoms with van der Waals surface area (Å²) >= 11 is 0. The number of fused-ring (bicyclic) bond motifs is 3. The van der Waals surface area contributed by atoms with Crippen molar-refractivity contribution >= 4 is 5.69 Å². The van der Waals surface area contributed by atoms with Crippen molar-refractivity contribution in [2.45, 2.75) is 19.3 Å². The average molecular weight is 277 g/mol. The topological polar surface area (TPSA) is 19.4 Å². The van der Waals surface area contributed by atoms with E-state index in [-0.39, 0.29) is 5.41 Å². The van der Waals surface area contributed by atoms with Gasteiger partial charge in [-0.3, -0.25) is 4.98 Å². The molecule has 2 heterocycles. The fourth-order valence-corrected chi connectivity index (χ4v) is 3.61. The van der Waals surface area contributed by atoms with Gasteiger partial charge in [-0.1, -0.05) is 26.0 Å². The predicted molar refractivity (Wildman–Crippen MR) is 86.1 cm³/mol. The van der Waals surface area contributed by atoms with Gasteiger partial charge in [0.2, 0.25) is 0 Å². The van der Waals surface area contributed by atoms with Gasteiger partial charge < -0.3 is 9.80 Å². The van der Waals surface area contributed by atoms with Crippen LogP contribution in [0.4, 0.5) is 5.69 Å². The van der Waals surface area contributed by atoms with Gasteiger partial charge in [-0.05, 0) is 34.4 Å². The largest absolute Gasteiger partial charge is 0.361 e. The normalized spacial score (nSPS) is 18.0. The van der Waals surface area contributed by atoms with E-state index >= 15 is 0 Å². The Morgan fingerprint density at radius 1 is 1.10 bits per heavy atom. The number of aromatic nitrogens is 1. The lowest BCUT2D eigenvalue weighted by atomic mass is 9.82. The van der Waals surface area contributed by atoms with Gasteiger partial charge in [0.25, 0.3) is 0 Å². The third-order valence-corrected chi connectivity index (χ3v) is 4.64. The van der Waals surface area contributed by atoms with E-state index in [0.29, 0.717) is 0 Å². The van der Waals surface area contributed by atoms with Crippen LogP contribution in [0, 0.1) is 0 Å². The summed E-state index contributed by atoms with van der Waals surface area (Å²) in [5, 5.41) is 0. The molecule has 3 nitrogen and oxygen atoms in total. The third-order valence-electron chi connectivity index (χ3n) is 4.64. The number of hydrogen-bond donors (Lipinski definition) is 0. The van der Waals surface area contributed by atoms with Crippen LogP contribution in [0.25, 0.3) is 11.1 Å². The van der Waals surface area contributed by atoms with Crippen molar-refractivity contribution in [3.05, 3.63) is 60.2 Å². The van der Waals surface area contributed by atoms with Crippen LogP contribution in [0.2, 0.25) is 0 Å². The Bertz CT molecular complexity index is 746. The minimum Gasteiger partial charge on any atom is -0.361 e. The van der Waals surface area contributed by atoms with E-state index < -0.39 is 0 Å². The van der Waals surface area contributed by atoms with Crippen LogP contribution < -0.4 is 4.90 Å². The molecule has 0 fully saturated rings. The van der Waals surface area contributed by atoms with E-state index in [1.807, 2.05) is 12.4 Å². The van der Waals surface area contributed by atoms with Crippen LogP contribution in [0.15, 0.2) is 49.1 Å². The molecule has 1 aliphatic heterocycles. The SMILES string of the molecule is CN1C=CN(c2cccc3c2C(C)(C)c2cnccc2-3)C1. The van der Waals surface area contributed by atoms with Gasteiger partial charge in [-0.15, -0.1) is 0 Å². The lowest BCUT2D eigenvalue weighted by Gasteiger charge is -2.28. The van der Waals surface area contributed by atoms with Crippen LogP contribution in [0.3, 0.4) is 0 Å². The second-order valence-electron chi connectivity index (χ2n) is 6.41. The molecule has 0 atom stereocenters. The number of rotatable bonds is 1. The Morgan fingerprint density at radius 3 is 2.71 bits per heavy atom. The molecular formula is C18H19N3. The van der Waals surface area contributed by atoms with Gasteiger partial charge in [0.1, 0.15) is 0 Å². The summed E-state index contributed by atoms with van der Waals surface area (Å²) < 4.78 is 0.